The lowest BCUT2D eigenvalue weighted by molar-refractivity contribution is -0.116. The fourth-order valence-electron chi connectivity index (χ4n) is 3.62. The number of fused-ring (bicyclic) bond motifs is 1. The summed E-state index contributed by atoms with van der Waals surface area (Å²) in [5.41, 5.74) is -0.920. The van der Waals surface area contributed by atoms with Gasteiger partial charge in [0.15, 0.2) is 10.8 Å². The minimum Gasteiger partial charge on any atom is -0.348 e. The number of benzene rings is 1. The number of thiazole rings is 1. The maximum absolute atomic E-state index is 13.9. The molecule has 1 aromatic carbocycles. The third kappa shape index (κ3) is 4.15. The first-order chi connectivity index (χ1) is 15.0. The Labute approximate surface area is 181 Å². The molecule has 0 spiro atoms. The molecule has 0 atom stereocenters. The fourth-order valence-corrected chi connectivity index (χ4v) is 4.69. The number of hydrogen-bond acceptors (Lipinski definition) is 6. The highest BCUT2D eigenvalue weighted by molar-refractivity contribution is 7.22. The number of aromatic nitrogens is 3. The number of carbonyl (C=O) groups is 1. The molecule has 4 rings (SSSR count). The van der Waals surface area contributed by atoms with Crippen molar-refractivity contribution in [1.29, 1.82) is 0 Å². The summed E-state index contributed by atoms with van der Waals surface area (Å²) in [5, 5.41) is 3.13. The normalized spacial score (nSPS) is 14.0. The molecule has 0 saturated carbocycles. The maximum Gasteiger partial charge on any atom is 0.333 e. The predicted molar refractivity (Wildman–Crippen MR) is 119 cm³/mol. The molecular weight excluding hydrogens is 421 g/mol. The molecule has 0 radical (unpaired) electrons. The van der Waals surface area contributed by atoms with Crippen LogP contribution in [0.15, 0.2) is 46.5 Å². The molecule has 1 aliphatic heterocycles. The Balaban J connectivity index is 1.76. The van der Waals surface area contributed by atoms with E-state index < -0.39 is 29.5 Å². The van der Waals surface area contributed by atoms with Gasteiger partial charge >= 0.3 is 5.69 Å². The highest BCUT2D eigenvalue weighted by Gasteiger charge is 2.22. The van der Waals surface area contributed by atoms with E-state index in [1.165, 1.54) is 40.2 Å². The van der Waals surface area contributed by atoms with Gasteiger partial charge in [0.05, 0.1) is 5.69 Å². The highest BCUT2D eigenvalue weighted by atomic mass is 32.1. The average Bonchev–Trinajstić information content (AvgIpc) is 3.22. The summed E-state index contributed by atoms with van der Waals surface area (Å²) in [6.07, 6.45) is 4.67. The number of para-hydroxylation sites is 1. The summed E-state index contributed by atoms with van der Waals surface area (Å²) in [5.74, 6) is -1.17. The van der Waals surface area contributed by atoms with Crippen LogP contribution in [0.1, 0.15) is 19.3 Å². The van der Waals surface area contributed by atoms with Crippen molar-refractivity contribution in [2.75, 3.05) is 23.3 Å². The summed E-state index contributed by atoms with van der Waals surface area (Å²) in [7, 11) is 0. The van der Waals surface area contributed by atoms with Gasteiger partial charge in [-0.3, -0.25) is 18.7 Å². The molecule has 1 N–H and O–H groups in total. The number of nitrogens with one attached hydrogen (secondary N) is 1. The minimum absolute atomic E-state index is 0.0134. The molecule has 8 nitrogen and oxygen atoms in total. The van der Waals surface area contributed by atoms with Gasteiger partial charge in [0.2, 0.25) is 5.91 Å². The standard InChI is InChI=1S/C21H22FN5O3S/c1-2-10-26-19(29)17-18(24-20(31-17)25-11-6-3-7-12-25)27(21(26)30)13-16(28)23-15-9-5-4-8-14(15)22/h2,4-5,8-9H,1,3,6-7,10-13H2,(H,23,28). The zero-order valence-electron chi connectivity index (χ0n) is 16.8. The first-order valence-corrected chi connectivity index (χ1v) is 10.9. The Morgan fingerprint density at radius 1 is 1.19 bits per heavy atom. The molecule has 1 fully saturated rings. The number of rotatable bonds is 6. The second kappa shape index (κ2) is 8.84. The number of halogens is 1. The van der Waals surface area contributed by atoms with E-state index in [2.05, 4.69) is 21.8 Å². The summed E-state index contributed by atoms with van der Waals surface area (Å²) < 4.78 is 16.4. The summed E-state index contributed by atoms with van der Waals surface area (Å²) >= 11 is 1.22. The number of hydrogen-bond donors (Lipinski definition) is 1. The molecule has 0 aliphatic carbocycles. The van der Waals surface area contributed by atoms with Crippen molar-refractivity contribution in [3.05, 3.63) is 63.6 Å². The van der Waals surface area contributed by atoms with Gasteiger partial charge in [0.25, 0.3) is 5.56 Å². The smallest absolute Gasteiger partial charge is 0.333 e. The zero-order valence-corrected chi connectivity index (χ0v) is 17.7. The molecule has 3 heterocycles. The molecule has 0 unspecified atom stereocenters. The van der Waals surface area contributed by atoms with Gasteiger partial charge < -0.3 is 10.2 Å². The number of allylic oxidation sites excluding steroid dienone is 1. The topological polar surface area (TPSA) is 89.2 Å². The minimum atomic E-state index is -0.656. The quantitative estimate of drug-likeness (QED) is 0.592. The SMILES string of the molecule is C=CCn1c(=O)c2sc(N3CCCCC3)nc2n(CC(=O)Nc2ccccc2F)c1=O. The van der Waals surface area contributed by atoms with E-state index in [9.17, 15) is 18.8 Å². The van der Waals surface area contributed by atoms with E-state index in [-0.39, 0.29) is 17.9 Å². The van der Waals surface area contributed by atoms with Crippen molar-refractivity contribution in [3.8, 4) is 0 Å². The number of carbonyl (C=O) groups excluding carboxylic acids is 1. The molecule has 1 aliphatic rings. The van der Waals surface area contributed by atoms with Crippen LogP contribution in [0.4, 0.5) is 15.2 Å². The van der Waals surface area contributed by atoms with E-state index in [1.54, 1.807) is 6.07 Å². The van der Waals surface area contributed by atoms with E-state index in [0.717, 1.165) is 36.9 Å². The lowest BCUT2D eigenvalue weighted by Crippen LogP contribution is -2.41. The van der Waals surface area contributed by atoms with Crippen LogP contribution in [0, 0.1) is 5.82 Å². The van der Waals surface area contributed by atoms with E-state index in [0.29, 0.717) is 9.83 Å². The van der Waals surface area contributed by atoms with Crippen molar-refractivity contribution in [1.82, 2.24) is 14.1 Å². The van der Waals surface area contributed by atoms with Crippen LogP contribution >= 0.6 is 11.3 Å². The van der Waals surface area contributed by atoms with Gasteiger partial charge in [-0.2, -0.15) is 0 Å². The molecule has 162 valence electrons. The van der Waals surface area contributed by atoms with Crippen LogP contribution in [0.3, 0.4) is 0 Å². The number of amides is 1. The highest BCUT2D eigenvalue weighted by Crippen LogP contribution is 2.28. The maximum atomic E-state index is 13.9. The van der Waals surface area contributed by atoms with Crippen molar-refractivity contribution < 1.29 is 9.18 Å². The zero-order chi connectivity index (χ0) is 22.0. The fraction of sp³-hybridized carbons (Fsp3) is 0.333. The van der Waals surface area contributed by atoms with Gasteiger partial charge in [0.1, 0.15) is 17.1 Å². The summed E-state index contributed by atoms with van der Waals surface area (Å²) in [6.45, 7) is 4.88. The average molecular weight is 444 g/mol. The molecule has 1 saturated heterocycles. The summed E-state index contributed by atoms with van der Waals surface area (Å²) in [4.78, 5) is 45.2. The van der Waals surface area contributed by atoms with Crippen LogP contribution in [0.5, 0.6) is 0 Å². The Kier molecular flexibility index (Phi) is 5.99. The van der Waals surface area contributed by atoms with Gasteiger partial charge in [0, 0.05) is 19.6 Å². The van der Waals surface area contributed by atoms with E-state index >= 15 is 0 Å². The van der Waals surface area contributed by atoms with E-state index in [1.807, 2.05) is 0 Å². The Bertz CT molecular complexity index is 1260. The van der Waals surface area contributed by atoms with Crippen LogP contribution < -0.4 is 21.5 Å². The first kappa shape index (κ1) is 21.0. The predicted octanol–water partition coefficient (Wildman–Crippen LogP) is 2.57. The van der Waals surface area contributed by atoms with Gasteiger partial charge in [-0.05, 0) is 31.4 Å². The lowest BCUT2D eigenvalue weighted by atomic mass is 10.1. The molecule has 10 heteroatoms. The van der Waals surface area contributed by atoms with Crippen molar-refractivity contribution >= 4 is 38.4 Å². The lowest BCUT2D eigenvalue weighted by Gasteiger charge is -2.25. The van der Waals surface area contributed by atoms with Crippen molar-refractivity contribution in [2.24, 2.45) is 0 Å². The van der Waals surface area contributed by atoms with E-state index in [4.69, 9.17) is 0 Å². The van der Waals surface area contributed by atoms with Crippen LogP contribution in [0.25, 0.3) is 10.3 Å². The van der Waals surface area contributed by atoms with Crippen LogP contribution in [-0.2, 0) is 17.9 Å². The molecule has 3 aromatic rings. The molecule has 0 bridgehead atoms. The second-order valence-electron chi connectivity index (χ2n) is 7.30. The monoisotopic (exact) mass is 443 g/mol. The second-order valence-corrected chi connectivity index (χ2v) is 8.28. The van der Waals surface area contributed by atoms with Gasteiger partial charge in [-0.25, -0.2) is 14.2 Å². The number of piperidine rings is 1. The number of nitrogens with zero attached hydrogens (tertiary/aromatic N) is 4. The summed E-state index contributed by atoms with van der Waals surface area (Å²) in [6, 6.07) is 5.78. The molecule has 2 aromatic heterocycles. The third-order valence-corrected chi connectivity index (χ3v) is 6.24. The van der Waals surface area contributed by atoms with Gasteiger partial charge in [-0.1, -0.05) is 29.5 Å². The van der Waals surface area contributed by atoms with Gasteiger partial charge in [-0.15, -0.1) is 6.58 Å². The van der Waals surface area contributed by atoms with Crippen molar-refractivity contribution in [3.63, 3.8) is 0 Å². The Morgan fingerprint density at radius 3 is 2.65 bits per heavy atom. The number of anilines is 2. The van der Waals surface area contributed by atoms with Crippen LogP contribution in [-0.4, -0.2) is 33.1 Å². The Morgan fingerprint density at radius 2 is 1.94 bits per heavy atom. The van der Waals surface area contributed by atoms with Crippen LogP contribution in [0.2, 0.25) is 0 Å². The molecular formula is C21H22FN5O3S. The first-order valence-electron chi connectivity index (χ1n) is 10.0. The largest absolute Gasteiger partial charge is 0.348 e. The van der Waals surface area contributed by atoms with Crippen molar-refractivity contribution in [2.45, 2.75) is 32.4 Å². The Hall–Kier alpha value is -3.27. The third-order valence-electron chi connectivity index (χ3n) is 5.14. The molecule has 31 heavy (non-hydrogen) atoms. The molecule has 1 amide bonds.